The molecule has 2 aliphatic rings. The minimum absolute atomic E-state index is 0.0593. The maximum Gasteiger partial charge on any atom is 0.309 e. The fourth-order valence-electron chi connectivity index (χ4n) is 3.66. The Morgan fingerprint density at radius 2 is 1.95 bits per heavy atom. The van der Waals surface area contributed by atoms with E-state index in [4.69, 9.17) is 0 Å². The van der Waals surface area contributed by atoms with E-state index >= 15 is 0 Å². The third-order valence-electron chi connectivity index (χ3n) is 5.07. The van der Waals surface area contributed by atoms with Crippen LogP contribution >= 0.6 is 0 Å². The van der Waals surface area contributed by atoms with Crippen LogP contribution in [-0.2, 0) is 9.59 Å². The number of amides is 1. The number of nitrogens with one attached hydrogen (secondary N) is 1. The quantitative estimate of drug-likeness (QED) is 0.832. The van der Waals surface area contributed by atoms with Crippen molar-refractivity contribution in [3.63, 3.8) is 0 Å². The number of hydrogen-bond acceptors (Lipinski definition) is 3. The van der Waals surface area contributed by atoms with E-state index < -0.39 is 11.4 Å². The number of carbonyl (C=O) groups excluding carboxylic acids is 1. The Morgan fingerprint density at radius 3 is 2.57 bits per heavy atom. The molecule has 2 aliphatic heterocycles. The molecule has 1 atom stereocenters. The number of likely N-dealkylation sites (tertiary alicyclic amines) is 1. The smallest absolute Gasteiger partial charge is 0.309 e. The fourth-order valence-corrected chi connectivity index (χ4v) is 3.66. The first-order valence-electron chi connectivity index (χ1n) is 8.34. The van der Waals surface area contributed by atoms with Gasteiger partial charge in [-0.3, -0.25) is 9.59 Å². The molecule has 1 unspecified atom stereocenters. The highest BCUT2D eigenvalue weighted by molar-refractivity contribution is 5.82. The summed E-state index contributed by atoms with van der Waals surface area (Å²) in [4.78, 5) is 26.0. The monoisotopic (exact) mass is 296 g/mol. The van der Waals surface area contributed by atoms with Gasteiger partial charge in [0.05, 0.1) is 11.5 Å². The van der Waals surface area contributed by atoms with Gasteiger partial charge in [-0.25, -0.2) is 0 Å². The number of rotatable bonds is 4. The van der Waals surface area contributed by atoms with Crippen molar-refractivity contribution in [1.82, 2.24) is 10.2 Å². The van der Waals surface area contributed by atoms with E-state index in [-0.39, 0.29) is 11.9 Å². The predicted octanol–water partition coefficient (Wildman–Crippen LogP) is 2.01. The Kier molecular flexibility index (Phi) is 5.62. The lowest BCUT2D eigenvalue weighted by molar-refractivity contribution is -0.155. The molecule has 21 heavy (non-hydrogen) atoms. The highest BCUT2D eigenvalue weighted by Crippen LogP contribution is 2.36. The van der Waals surface area contributed by atoms with Crippen molar-refractivity contribution in [2.24, 2.45) is 5.41 Å². The second-order valence-electron chi connectivity index (χ2n) is 6.52. The Bertz CT molecular complexity index is 368. The van der Waals surface area contributed by atoms with Gasteiger partial charge in [0, 0.05) is 13.1 Å². The van der Waals surface area contributed by atoms with Crippen LogP contribution in [0.1, 0.15) is 58.3 Å². The minimum Gasteiger partial charge on any atom is -0.481 e. The summed E-state index contributed by atoms with van der Waals surface area (Å²) in [6, 6.07) is -0.0593. The third kappa shape index (κ3) is 3.76. The molecule has 2 fully saturated rings. The number of carboxylic acids is 1. The first-order chi connectivity index (χ1) is 10.1. The van der Waals surface area contributed by atoms with Gasteiger partial charge in [0.25, 0.3) is 0 Å². The van der Waals surface area contributed by atoms with Gasteiger partial charge in [0.2, 0.25) is 5.91 Å². The van der Waals surface area contributed by atoms with Crippen molar-refractivity contribution >= 4 is 11.9 Å². The van der Waals surface area contributed by atoms with Crippen molar-refractivity contribution in [2.45, 2.75) is 64.3 Å². The van der Waals surface area contributed by atoms with Crippen LogP contribution in [0.25, 0.3) is 0 Å². The van der Waals surface area contributed by atoms with Gasteiger partial charge in [-0.1, -0.05) is 26.2 Å². The standard InChI is InChI=1S/C16H28N2O3/c1-2-7-16(15(20)21)8-11-18(12-9-16)14(19)13-6-4-3-5-10-17-13/h13,17H,2-12H2,1H3,(H,20,21). The first kappa shape index (κ1) is 16.3. The van der Waals surface area contributed by atoms with E-state index in [1.165, 1.54) is 6.42 Å². The average molecular weight is 296 g/mol. The van der Waals surface area contributed by atoms with E-state index in [0.29, 0.717) is 32.4 Å². The summed E-state index contributed by atoms with van der Waals surface area (Å²) < 4.78 is 0. The van der Waals surface area contributed by atoms with Crippen LogP contribution in [0.4, 0.5) is 0 Å². The summed E-state index contributed by atoms with van der Waals surface area (Å²) in [6.07, 6.45) is 7.12. The second-order valence-corrected chi connectivity index (χ2v) is 6.52. The zero-order valence-corrected chi connectivity index (χ0v) is 13.1. The van der Waals surface area contributed by atoms with Crippen molar-refractivity contribution in [3.05, 3.63) is 0 Å². The van der Waals surface area contributed by atoms with Gasteiger partial charge in [-0.2, -0.15) is 0 Å². The summed E-state index contributed by atoms with van der Waals surface area (Å²) in [5, 5.41) is 12.9. The molecule has 0 aromatic rings. The molecule has 0 aromatic carbocycles. The first-order valence-corrected chi connectivity index (χ1v) is 8.34. The van der Waals surface area contributed by atoms with Crippen molar-refractivity contribution in [1.29, 1.82) is 0 Å². The van der Waals surface area contributed by atoms with Crippen LogP contribution in [0.3, 0.4) is 0 Å². The fraction of sp³-hybridized carbons (Fsp3) is 0.875. The van der Waals surface area contributed by atoms with E-state index in [1.807, 2.05) is 11.8 Å². The molecular formula is C16H28N2O3. The molecule has 1 amide bonds. The lowest BCUT2D eigenvalue weighted by Crippen LogP contribution is -2.52. The lowest BCUT2D eigenvalue weighted by atomic mass is 9.75. The summed E-state index contributed by atoms with van der Waals surface area (Å²) in [6.45, 7) is 4.11. The minimum atomic E-state index is -0.691. The molecule has 0 spiro atoms. The van der Waals surface area contributed by atoms with Gasteiger partial charge in [-0.15, -0.1) is 0 Å². The van der Waals surface area contributed by atoms with Crippen molar-refractivity contribution in [3.8, 4) is 0 Å². The number of nitrogens with zero attached hydrogens (tertiary/aromatic N) is 1. The maximum atomic E-state index is 12.6. The second kappa shape index (κ2) is 7.25. The van der Waals surface area contributed by atoms with Gasteiger partial charge in [0.15, 0.2) is 0 Å². The number of hydrogen-bond donors (Lipinski definition) is 2. The van der Waals surface area contributed by atoms with Crippen LogP contribution in [-0.4, -0.2) is 47.6 Å². The van der Waals surface area contributed by atoms with E-state index in [2.05, 4.69) is 5.32 Å². The van der Waals surface area contributed by atoms with Crippen molar-refractivity contribution in [2.75, 3.05) is 19.6 Å². The third-order valence-corrected chi connectivity index (χ3v) is 5.07. The largest absolute Gasteiger partial charge is 0.481 e. The van der Waals surface area contributed by atoms with Crippen LogP contribution in [0, 0.1) is 5.41 Å². The molecule has 0 radical (unpaired) electrons. The molecule has 0 saturated carbocycles. The van der Waals surface area contributed by atoms with E-state index in [1.54, 1.807) is 0 Å². The van der Waals surface area contributed by atoms with Crippen molar-refractivity contribution < 1.29 is 14.7 Å². The number of carbonyl (C=O) groups is 2. The van der Waals surface area contributed by atoms with Crippen LogP contribution in [0.15, 0.2) is 0 Å². The average Bonchev–Trinajstić information content (AvgIpc) is 2.76. The van der Waals surface area contributed by atoms with Crippen LogP contribution < -0.4 is 5.32 Å². The summed E-state index contributed by atoms with van der Waals surface area (Å²) in [7, 11) is 0. The Balaban J connectivity index is 1.93. The molecule has 0 bridgehead atoms. The Morgan fingerprint density at radius 1 is 1.24 bits per heavy atom. The summed E-state index contributed by atoms with van der Waals surface area (Å²) in [5.41, 5.74) is -0.609. The van der Waals surface area contributed by atoms with Crippen LogP contribution in [0.5, 0.6) is 0 Å². The summed E-state index contributed by atoms with van der Waals surface area (Å²) >= 11 is 0. The Hall–Kier alpha value is -1.10. The molecule has 2 rings (SSSR count). The zero-order valence-electron chi connectivity index (χ0n) is 13.1. The zero-order chi connectivity index (χ0) is 15.3. The maximum absolute atomic E-state index is 12.6. The SMILES string of the molecule is CCCC1(C(=O)O)CCN(C(=O)C2CCCCCN2)CC1. The van der Waals surface area contributed by atoms with Crippen LogP contribution in [0.2, 0.25) is 0 Å². The molecule has 5 heteroatoms. The molecule has 2 heterocycles. The highest BCUT2D eigenvalue weighted by Gasteiger charge is 2.42. The lowest BCUT2D eigenvalue weighted by Gasteiger charge is -2.40. The molecule has 0 aliphatic carbocycles. The molecule has 5 nitrogen and oxygen atoms in total. The number of aliphatic carboxylic acids is 1. The topological polar surface area (TPSA) is 69.6 Å². The van der Waals surface area contributed by atoms with E-state index in [0.717, 1.165) is 32.2 Å². The van der Waals surface area contributed by atoms with E-state index in [9.17, 15) is 14.7 Å². The van der Waals surface area contributed by atoms with Gasteiger partial charge in [-0.05, 0) is 38.6 Å². The van der Waals surface area contributed by atoms with Gasteiger partial charge < -0.3 is 15.3 Å². The van der Waals surface area contributed by atoms with Gasteiger partial charge in [0.1, 0.15) is 0 Å². The normalized spacial score (nSPS) is 26.1. The molecule has 2 saturated heterocycles. The molecule has 120 valence electrons. The molecular weight excluding hydrogens is 268 g/mol. The summed E-state index contributed by atoms with van der Waals surface area (Å²) in [5.74, 6) is -0.517. The predicted molar refractivity (Wildman–Crippen MR) is 81.0 cm³/mol. The Labute approximate surface area is 127 Å². The molecule has 0 aromatic heterocycles. The molecule has 2 N–H and O–H groups in total. The highest BCUT2D eigenvalue weighted by atomic mass is 16.4. The number of carboxylic acid groups (broad SMARTS) is 1. The van der Waals surface area contributed by atoms with Gasteiger partial charge >= 0.3 is 5.97 Å². The number of piperidine rings is 1.